The first-order chi connectivity index (χ1) is 9.08. The average Bonchev–Trinajstić information content (AvgIpc) is 2.39. The molecular formula is C12H17F3O3Si. The van der Waals surface area contributed by atoms with Crippen LogP contribution in [0.3, 0.4) is 0 Å². The van der Waals surface area contributed by atoms with Gasteiger partial charge in [0.1, 0.15) is 5.82 Å². The summed E-state index contributed by atoms with van der Waals surface area (Å²) in [4.78, 5) is 0. The maximum Gasteiger partial charge on any atom is 0.483 e. The van der Waals surface area contributed by atoms with Crippen LogP contribution in [-0.4, -0.2) is 30.4 Å². The van der Waals surface area contributed by atoms with E-state index in [9.17, 15) is 13.2 Å². The highest BCUT2D eigenvalue weighted by atomic mass is 28.3. The van der Waals surface area contributed by atoms with Crippen molar-refractivity contribution in [3.8, 4) is 0 Å². The fourth-order valence-electron chi connectivity index (χ4n) is 1.58. The summed E-state index contributed by atoms with van der Waals surface area (Å²) >= 11 is 0. The predicted molar refractivity (Wildman–Crippen MR) is 66.4 cm³/mol. The summed E-state index contributed by atoms with van der Waals surface area (Å²) in [5, 5.41) is 0. The van der Waals surface area contributed by atoms with Gasteiger partial charge in [-0.25, -0.2) is 13.2 Å². The molecule has 0 saturated heterocycles. The molecule has 0 aliphatic rings. The van der Waals surface area contributed by atoms with Gasteiger partial charge in [0.05, 0.1) is 0 Å². The quantitative estimate of drug-likeness (QED) is 0.419. The van der Waals surface area contributed by atoms with Crippen molar-refractivity contribution in [2.24, 2.45) is 0 Å². The highest BCUT2D eigenvalue weighted by Crippen LogP contribution is 2.15. The van der Waals surface area contributed by atoms with Gasteiger partial charge in [-0.1, -0.05) is 0 Å². The van der Waals surface area contributed by atoms with Crippen molar-refractivity contribution in [1.29, 1.82) is 0 Å². The first-order valence-electron chi connectivity index (χ1n) is 5.89. The van der Waals surface area contributed by atoms with Crippen molar-refractivity contribution in [3.63, 3.8) is 0 Å². The van der Waals surface area contributed by atoms with Crippen LogP contribution in [0, 0.1) is 17.5 Å². The Morgan fingerprint density at radius 1 is 0.947 bits per heavy atom. The molecule has 0 atom stereocenters. The van der Waals surface area contributed by atoms with Gasteiger partial charge in [-0.05, 0) is 30.9 Å². The standard InChI is InChI=1S/C12H17F3O3Si/c1-16-19(17-2)18-6-4-3-5-9-7-11(14)12(15)8-10(9)13/h7-8,19H,3-6H2,1-2H3. The third-order valence-electron chi connectivity index (χ3n) is 2.57. The lowest BCUT2D eigenvalue weighted by Gasteiger charge is -2.11. The molecular weight excluding hydrogens is 277 g/mol. The number of rotatable bonds is 8. The lowest BCUT2D eigenvalue weighted by Crippen LogP contribution is -2.24. The topological polar surface area (TPSA) is 27.7 Å². The number of halogens is 3. The van der Waals surface area contributed by atoms with Crippen LogP contribution in [0.2, 0.25) is 0 Å². The van der Waals surface area contributed by atoms with E-state index in [1.165, 1.54) is 14.2 Å². The largest absolute Gasteiger partial charge is 0.483 e. The van der Waals surface area contributed by atoms with E-state index in [2.05, 4.69) is 0 Å². The highest BCUT2D eigenvalue weighted by Gasteiger charge is 2.11. The second-order valence-electron chi connectivity index (χ2n) is 3.95. The van der Waals surface area contributed by atoms with Gasteiger partial charge in [0.15, 0.2) is 11.6 Å². The van der Waals surface area contributed by atoms with Crippen LogP contribution in [0.1, 0.15) is 18.4 Å². The zero-order chi connectivity index (χ0) is 14.3. The molecule has 0 unspecified atom stereocenters. The van der Waals surface area contributed by atoms with E-state index in [4.69, 9.17) is 13.3 Å². The summed E-state index contributed by atoms with van der Waals surface area (Å²) < 4.78 is 54.2. The van der Waals surface area contributed by atoms with E-state index in [0.29, 0.717) is 31.9 Å². The Kier molecular flexibility index (Phi) is 7.07. The Hall–Kier alpha value is -0.893. The average molecular weight is 294 g/mol. The van der Waals surface area contributed by atoms with Gasteiger partial charge in [-0.3, -0.25) is 0 Å². The second kappa shape index (κ2) is 8.31. The van der Waals surface area contributed by atoms with Gasteiger partial charge in [0, 0.05) is 26.9 Å². The molecule has 0 heterocycles. The molecule has 0 saturated carbocycles. The van der Waals surface area contributed by atoms with E-state index in [1.54, 1.807) is 0 Å². The number of unbranched alkanes of at least 4 members (excludes halogenated alkanes) is 1. The molecule has 0 radical (unpaired) electrons. The lowest BCUT2D eigenvalue weighted by molar-refractivity contribution is 0.133. The smallest absolute Gasteiger partial charge is 0.379 e. The molecule has 0 amide bonds. The van der Waals surface area contributed by atoms with Crippen LogP contribution < -0.4 is 0 Å². The van der Waals surface area contributed by atoms with Gasteiger partial charge in [0.25, 0.3) is 0 Å². The summed E-state index contributed by atoms with van der Waals surface area (Å²) in [6.45, 7) is 0.434. The summed E-state index contributed by atoms with van der Waals surface area (Å²) in [7, 11) is 1.00. The minimum Gasteiger partial charge on any atom is -0.379 e. The molecule has 0 N–H and O–H groups in total. The molecule has 0 aliphatic carbocycles. The van der Waals surface area contributed by atoms with Crippen molar-refractivity contribution in [2.45, 2.75) is 19.3 Å². The van der Waals surface area contributed by atoms with Crippen LogP contribution in [0.4, 0.5) is 13.2 Å². The monoisotopic (exact) mass is 294 g/mol. The van der Waals surface area contributed by atoms with Crippen LogP contribution in [0.25, 0.3) is 0 Å². The Balaban J connectivity index is 2.32. The van der Waals surface area contributed by atoms with Gasteiger partial charge in [0.2, 0.25) is 0 Å². The van der Waals surface area contributed by atoms with Crippen molar-refractivity contribution in [3.05, 3.63) is 35.1 Å². The maximum absolute atomic E-state index is 13.3. The minimum atomic E-state index is -2.02. The molecule has 1 aromatic carbocycles. The molecule has 0 aliphatic heterocycles. The first kappa shape index (κ1) is 16.2. The fourth-order valence-corrected chi connectivity index (χ4v) is 2.41. The number of aryl methyl sites for hydroxylation is 1. The van der Waals surface area contributed by atoms with E-state index in [-0.39, 0.29) is 5.56 Å². The SMILES string of the molecule is CO[SiH](OC)OCCCCc1cc(F)c(F)cc1F. The Morgan fingerprint density at radius 2 is 1.58 bits per heavy atom. The Labute approximate surface area is 112 Å². The molecule has 7 heteroatoms. The van der Waals surface area contributed by atoms with Crippen LogP contribution in [-0.2, 0) is 19.7 Å². The van der Waals surface area contributed by atoms with Crippen molar-refractivity contribution in [2.75, 3.05) is 20.8 Å². The van der Waals surface area contributed by atoms with Crippen molar-refractivity contribution in [1.82, 2.24) is 0 Å². The molecule has 0 aromatic heterocycles. The summed E-state index contributed by atoms with van der Waals surface area (Å²) in [5.41, 5.74) is 0.172. The predicted octanol–water partition coefficient (Wildman–Crippen LogP) is 2.45. The summed E-state index contributed by atoms with van der Waals surface area (Å²) in [5.74, 6) is -2.92. The normalized spacial score (nSPS) is 11.3. The third kappa shape index (κ3) is 5.31. The van der Waals surface area contributed by atoms with Gasteiger partial charge >= 0.3 is 9.53 Å². The van der Waals surface area contributed by atoms with Crippen molar-refractivity contribution < 1.29 is 26.4 Å². The van der Waals surface area contributed by atoms with E-state index >= 15 is 0 Å². The number of hydrogen-bond acceptors (Lipinski definition) is 3. The molecule has 3 nitrogen and oxygen atoms in total. The second-order valence-corrected chi connectivity index (χ2v) is 5.80. The van der Waals surface area contributed by atoms with Gasteiger partial charge in [-0.15, -0.1) is 0 Å². The summed E-state index contributed by atoms with van der Waals surface area (Å²) in [6.07, 6.45) is 1.60. The molecule has 108 valence electrons. The van der Waals surface area contributed by atoms with Crippen LogP contribution in [0.5, 0.6) is 0 Å². The molecule has 1 aromatic rings. The molecule has 19 heavy (non-hydrogen) atoms. The maximum atomic E-state index is 13.3. The Morgan fingerprint density at radius 3 is 2.21 bits per heavy atom. The van der Waals surface area contributed by atoms with Crippen LogP contribution in [0.15, 0.2) is 12.1 Å². The molecule has 0 spiro atoms. The molecule has 0 fully saturated rings. The van der Waals surface area contributed by atoms with E-state index in [1.807, 2.05) is 0 Å². The van der Waals surface area contributed by atoms with Crippen LogP contribution >= 0.6 is 0 Å². The van der Waals surface area contributed by atoms with E-state index in [0.717, 1.165) is 6.07 Å². The van der Waals surface area contributed by atoms with E-state index < -0.39 is 27.0 Å². The van der Waals surface area contributed by atoms with Crippen molar-refractivity contribution >= 4 is 9.53 Å². The highest BCUT2D eigenvalue weighted by molar-refractivity contribution is 6.36. The zero-order valence-electron chi connectivity index (χ0n) is 10.9. The number of hydrogen-bond donors (Lipinski definition) is 0. The third-order valence-corrected chi connectivity index (χ3v) is 3.85. The fraction of sp³-hybridized carbons (Fsp3) is 0.500. The van der Waals surface area contributed by atoms with Gasteiger partial charge < -0.3 is 13.3 Å². The summed E-state index contributed by atoms with van der Waals surface area (Å²) in [6, 6.07) is 1.47. The molecule has 0 bridgehead atoms. The van der Waals surface area contributed by atoms with Gasteiger partial charge in [-0.2, -0.15) is 0 Å². The lowest BCUT2D eigenvalue weighted by atomic mass is 10.1. The first-order valence-corrected chi connectivity index (χ1v) is 7.30. The Bertz CT molecular complexity index is 400. The zero-order valence-corrected chi connectivity index (χ0v) is 12.1. The number of benzene rings is 1. The molecule has 1 rings (SSSR count). The minimum absolute atomic E-state index is 0.172.